The van der Waals surface area contributed by atoms with Crippen molar-refractivity contribution < 1.29 is 4.39 Å². The molecule has 0 amide bonds. The molecule has 1 aliphatic rings. The zero-order chi connectivity index (χ0) is 11.4. The van der Waals surface area contributed by atoms with Crippen LogP contribution in [0.3, 0.4) is 0 Å². The summed E-state index contributed by atoms with van der Waals surface area (Å²) in [7, 11) is 0. The molecule has 1 N–H and O–H groups in total. The van der Waals surface area contributed by atoms with Crippen LogP contribution < -0.4 is 10.2 Å². The maximum absolute atomic E-state index is 13.2. The van der Waals surface area contributed by atoms with Crippen molar-refractivity contribution in [2.75, 3.05) is 24.5 Å². The molecule has 1 heterocycles. The fourth-order valence-electron chi connectivity index (χ4n) is 2.17. The molecule has 0 bridgehead atoms. The largest absolute Gasteiger partial charge is 0.370 e. The van der Waals surface area contributed by atoms with Crippen LogP contribution in [0.1, 0.15) is 19.8 Å². The zero-order valence-corrected chi connectivity index (χ0v) is 9.75. The van der Waals surface area contributed by atoms with Gasteiger partial charge in [-0.1, -0.05) is 6.07 Å². The Morgan fingerprint density at radius 2 is 2.25 bits per heavy atom. The molecule has 1 saturated heterocycles. The molecule has 16 heavy (non-hydrogen) atoms. The second-order valence-corrected chi connectivity index (χ2v) is 4.49. The fourth-order valence-corrected chi connectivity index (χ4v) is 2.17. The van der Waals surface area contributed by atoms with E-state index in [9.17, 15) is 4.39 Å². The van der Waals surface area contributed by atoms with Crippen LogP contribution in [-0.4, -0.2) is 25.7 Å². The quantitative estimate of drug-likeness (QED) is 0.785. The van der Waals surface area contributed by atoms with Gasteiger partial charge in [0.1, 0.15) is 5.82 Å². The highest BCUT2D eigenvalue weighted by Crippen LogP contribution is 2.17. The number of benzene rings is 1. The average Bonchev–Trinajstić information content (AvgIpc) is 2.23. The summed E-state index contributed by atoms with van der Waals surface area (Å²) in [6.07, 6.45) is 2.35. The Morgan fingerprint density at radius 3 is 3.06 bits per heavy atom. The zero-order valence-electron chi connectivity index (χ0n) is 9.75. The normalized spacial score (nSPS) is 22.6. The topological polar surface area (TPSA) is 15.3 Å². The molecule has 2 rings (SSSR count). The van der Waals surface area contributed by atoms with Gasteiger partial charge in [-0.05, 0) is 44.5 Å². The van der Waals surface area contributed by atoms with E-state index in [-0.39, 0.29) is 5.82 Å². The van der Waals surface area contributed by atoms with E-state index in [1.54, 1.807) is 12.1 Å². The van der Waals surface area contributed by atoms with Gasteiger partial charge in [-0.2, -0.15) is 0 Å². The number of nitrogens with one attached hydrogen (secondary N) is 1. The molecule has 0 aromatic heterocycles. The molecule has 1 atom stereocenters. The lowest BCUT2D eigenvalue weighted by atomic mass is 10.1. The Morgan fingerprint density at radius 1 is 1.38 bits per heavy atom. The minimum atomic E-state index is -0.153. The van der Waals surface area contributed by atoms with Crippen LogP contribution >= 0.6 is 0 Å². The molecule has 3 heteroatoms. The van der Waals surface area contributed by atoms with Gasteiger partial charge in [0.25, 0.3) is 0 Å². The van der Waals surface area contributed by atoms with E-state index in [4.69, 9.17) is 0 Å². The maximum atomic E-state index is 13.2. The number of rotatable bonds is 1. The minimum Gasteiger partial charge on any atom is -0.370 e. The van der Waals surface area contributed by atoms with Crippen molar-refractivity contribution in [2.45, 2.75) is 25.8 Å². The van der Waals surface area contributed by atoms with Crippen molar-refractivity contribution in [1.82, 2.24) is 5.32 Å². The predicted octanol–water partition coefficient (Wildman–Crippen LogP) is 2.40. The molecule has 0 radical (unpaired) electrons. The van der Waals surface area contributed by atoms with Crippen LogP contribution in [0.2, 0.25) is 0 Å². The van der Waals surface area contributed by atoms with Gasteiger partial charge in [-0.15, -0.1) is 0 Å². The van der Waals surface area contributed by atoms with Crippen LogP contribution in [0.4, 0.5) is 10.1 Å². The summed E-state index contributed by atoms with van der Waals surface area (Å²) in [5.41, 5.74) is 0.996. The molecular formula is C13H19FN2. The fraction of sp³-hybridized carbons (Fsp3) is 0.538. The Kier molecular flexibility index (Phi) is 3.78. The lowest BCUT2D eigenvalue weighted by Gasteiger charge is -2.30. The molecule has 88 valence electrons. The number of hydrogen-bond donors (Lipinski definition) is 1. The Balaban J connectivity index is 2.11. The van der Waals surface area contributed by atoms with Gasteiger partial charge in [-0.3, -0.25) is 0 Å². The van der Waals surface area contributed by atoms with E-state index in [0.717, 1.165) is 31.7 Å². The third kappa shape index (κ3) is 2.95. The first-order valence-corrected chi connectivity index (χ1v) is 5.99. The summed E-state index contributed by atoms with van der Waals surface area (Å²) < 4.78 is 13.2. The van der Waals surface area contributed by atoms with E-state index >= 15 is 0 Å². The van der Waals surface area contributed by atoms with Crippen LogP contribution in [0.5, 0.6) is 0 Å². The lowest BCUT2D eigenvalue weighted by Crippen LogP contribution is -2.42. The van der Waals surface area contributed by atoms with Crippen LogP contribution in [0.15, 0.2) is 24.3 Å². The summed E-state index contributed by atoms with van der Waals surface area (Å²) in [6.45, 7) is 5.24. The van der Waals surface area contributed by atoms with E-state index in [1.165, 1.54) is 12.5 Å². The molecule has 1 aromatic rings. The highest BCUT2D eigenvalue weighted by molar-refractivity contribution is 5.46. The Bertz CT molecular complexity index is 340. The first-order chi connectivity index (χ1) is 7.75. The van der Waals surface area contributed by atoms with E-state index in [0.29, 0.717) is 6.04 Å². The number of halogens is 1. The van der Waals surface area contributed by atoms with Gasteiger partial charge in [0.2, 0.25) is 0 Å². The SMILES string of the molecule is CC1CN(c2cccc(F)c2)CCCCN1. The van der Waals surface area contributed by atoms with Gasteiger partial charge in [0, 0.05) is 24.8 Å². The van der Waals surface area contributed by atoms with Gasteiger partial charge < -0.3 is 10.2 Å². The van der Waals surface area contributed by atoms with Gasteiger partial charge >= 0.3 is 0 Å². The molecule has 0 saturated carbocycles. The van der Waals surface area contributed by atoms with Crippen molar-refractivity contribution in [3.05, 3.63) is 30.1 Å². The minimum absolute atomic E-state index is 0.153. The monoisotopic (exact) mass is 222 g/mol. The summed E-state index contributed by atoms with van der Waals surface area (Å²) in [5, 5.41) is 3.46. The average molecular weight is 222 g/mol. The van der Waals surface area contributed by atoms with Crippen LogP contribution in [0.25, 0.3) is 0 Å². The third-order valence-corrected chi connectivity index (χ3v) is 3.02. The molecular weight excluding hydrogens is 203 g/mol. The molecule has 0 spiro atoms. The number of hydrogen-bond acceptors (Lipinski definition) is 2. The van der Waals surface area contributed by atoms with E-state index in [1.807, 2.05) is 6.07 Å². The maximum Gasteiger partial charge on any atom is 0.125 e. The van der Waals surface area contributed by atoms with Crippen molar-refractivity contribution >= 4 is 5.69 Å². The first-order valence-electron chi connectivity index (χ1n) is 5.99. The molecule has 1 unspecified atom stereocenters. The second kappa shape index (κ2) is 5.30. The number of nitrogens with zero attached hydrogens (tertiary/aromatic N) is 1. The van der Waals surface area contributed by atoms with Crippen molar-refractivity contribution in [3.8, 4) is 0 Å². The predicted molar refractivity (Wildman–Crippen MR) is 65.3 cm³/mol. The standard InChI is InChI=1S/C13H19FN2/c1-11-10-16(8-3-2-7-15-11)13-6-4-5-12(14)9-13/h4-6,9,11,15H,2-3,7-8,10H2,1H3. The molecule has 1 aliphatic heterocycles. The summed E-state index contributed by atoms with van der Waals surface area (Å²) >= 11 is 0. The van der Waals surface area contributed by atoms with Crippen molar-refractivity contribution in [3.63, 3.8) is 0 Å². The van der Waals surface area contributed by atoms with Crippen LogP contribution in [-0.2, 0) is 0 Å². The Hall–Kier alpha value is -1.09. The van der Waals surface area contributed by atoms with Gasteiger partial charge in [-0.25, -0.2) is 4.39 Å². The van der Waals surface area contributed by atoms with E-state index in [2.05, 4.69) is 17.1 Å². The molecule has 0 aliphatic carbocycles. The summed E-state index contributed by atoms with van der Waals surface area (Å²) in [6, 6.07) is 7.34. The summed E-state index contributed by atoms with van der Waals surface area (Å²) in [5.74, 6) is -0.153. The number of anilines is 1. The van der Waals surface area contributed by atoms with Crippen molar-refractivity contribution in [2.24, 2.45) is 0 Å². The Labute approximate surface area is 96.5 Å². The highest BCUT2D eigenvalue weighted by Gasteiger charge is 2.13. The van der Waals surface area contributed by atoms with Gasteiger partial charge in [0.15, 0.2) is 0 Å². The van der Waals surface area contributed by atoms with Crippen molar-refractivity contribution in [1.29, 1.82) is 0 Å². The smallest absolute Gasteiger partial charge is 0.125 e. The third-order valence-electron chi connectivity index (χ3n) is 3.02. The molecule has 1 aromatic carbocycles. The summed E-state index contributed by atoms with van der Waals surface area (Å²) in [4.78, 5) is 2.26. The second-order valence-electron chi connectivity index (χ2n) is 4.49. The van der Waals surface area contributed by atoms with E-state index < -0.39 is 0 Å². The van der Waals surface area contributed by atoms with Gasteiger partial charge in [0.05, 0.1) is 0 Å². The molecule has 2 nitrogen and oxygen atoms in total. The first kappa shape index (κ1) is 11.4. The van der Waals surface area contributed by atoms with Crippen LogP contribution in [0, 0.1) is 5.82 Å². The lowest BCUT2D eigenvalue weighted by molar-refractivity contribution is 0.484. The highest BCUT2D eigenvalue weighted by atomic mass is 19.1. The molecule has 1 fully saturated rings.